The number of nitrogens with zero attached hydrogens (tertiary/aromatic N) is 2. The van der Waals surface area contributed by atoms with E-state index in [1.807, 2.05) is 88.1 Å². The molecule has 0 aliphatic carbocycles. The second kappa shape index (κ2) is 20.2. The molecule has 238 valence electrons. The van der Waals surface area contributed by atoms with Crippen LogP contribution in [0.15, 0.2) is 90.2 Å². The molecule has 6 N–H and O–H groups in total. The Morgan fingerprint density at radius 3 is 2.18 bits per heavy atom. The van der Waals surface area contributed by atoms with Crippen molar-refractivity contribution in [3.05, 3.63) is 112 Å². The highest BCUT2D eigenvalue weighted by molar-refractivity contribution is 5.78. The van der Waals surface area contributed by atoms with Crippen LogP contribution >= 0.6 is 0 Å². The van der Waals surface area contributed by atoms with Crippen molar-refractivity contribution in [2.24, 2.45) is 5.73 Å². The molecule has 0 unspecified atom stereocenters. The molecule has 0 bridgehead atoms. The van der Waals surface area contributed by atoms with Crippen LogP contribution in [0.25, 0.3) is 17.0 Å². The number of hydrogen-bond donors (Lipinski definition) is 5. The summed E-state index contributed by atoms with van der Waals surface area (Å²) >= 11 is 0. The summed E-state index contributed by atoms with van der Waals surface area (Å²) in [7, 11) is 1.77. The average Bonchev–Trinajstić information content (AvgIpc) is 3.09. The van der Waals surface area contributed by atoms with Crippen LogP contribution in [-0.2, 0) is 33.9 Å². The molecule has 0 radical (unpaired) electrons. The van der Waals surface area contributed by atoms with Gasteiger partial charge in [0, 0.05) is 37.1 Å². The smallest absolute Gasteiger partial charge is 0.294 e. The largest absolute Gasteiger partial charge is 0.492 e. The van der Waals surface area contributed by atoms with Gasteiger partial charge in [-0.1, -0.05) is 87.2 Å². The third kappa shape index (κ3) is 11.1. The van der Waals surface area contributed by atoms with E-state index >= 15 is 0 Å². The predicted molar refractivity (Wildman–Crippen MR) is 181 cm³/mol. The summed E-state index contributed by atoms with van der Waals surface area (Å²) in [4.78, 5) is 46.7. The molecule has 45 heavy (non-hydrogen) atoms. The number of benzene rings is 3. The first kappa shape index (κ1) is 37.3. The number of aromatic nitrogens is 2. The molecule has 0 spiro atoms. The van der Waals surface area contributed by atoms with E-state index in [9.17, 15) is 14.7 Å². The van der Waals surface area contributed by atoms with Gasteiger partial charge in [-0.25, -0.2) is 0 Å². The van der Waals surface area contributed by atoms with Crippen molar-refractivity contribution in [2.75, 3.05) is 24.2 Å². The molecule has 0 fully saturated rings. The minimum absolute atomic E-state index is 0.0256. The summed E-state index contributed by atoms with van der Waals surface area (Å²) < 4.78 is 1.25. The van der Waals surface area contributed by atoms with Gasteiger partial charge in [-0.15, -0.1) is 0 Å². The van der Waals surface area contributed by atoms with E-state index in [0.29, 0.717) is 24.2 Å². The van der Waals surface area contributed by atoms with Gasteiger partial charge in [0.2, 0.25) is 11.8 Å². The van der Waals surface area contributed by atoms with Gasteiger partial charge in [0.15, 0.2) is 5.82 Å². The number of nitrogens with one attached hydrogen (secondary N) is 3. The van der Waals surface area contributed by atoms with Crippen LogP contribution in [0.4, 0.5) is 11.5 Å². The number of nitrogens with two attached hydrogens (primary N) is 1. The van der Waals surface area contributed by atoms with E-state index in [4.69, 9.17) is 15.3 Å². The Hall–Kier alpha value is -5.71. The first-order valence-electron chi connectivity index (χ1n) is 14.1. The molecular weight excluding hydrogens is 572 g/mol. The Kier molecular flexibility index (Phi) is 16.8. The molecule has 0 saturated carbocycles. The van der Waals surface area contributed by atoms with E-state index in [1.54, 1.807) is 25.2 Å². The minimum atomic E-state index is -0.508. The van der Waals surface area contributed by atoms with Crippen LogP contribution in [0.1, 0.15) is 30.5 Å². The second-order valence-corrected chi connectivity index (χ2v) is 9.02. The average molecular weight is 615 g/mol. The Bertz CT molecular complexity index is 1550. The van der Waals surface area contributed by atoms with Crippen molar-refractivity contribution in [3.63, 3.8) is 0 Å². The molecule has 0 aliphatic rings. The highest BCUT2D eigenvalue weighted by Gasteiger charge is 2.20. The van der Waals surface area contributed by atoms with E-state index in [0.717, 1.165) is 22.4 Å². The van der Waals surface area contributed by atoms with Crippen molar-refractivity contribution in [3.8, 4) is 17.1 Å². The highest BCUT2D eigenvalue weighted by Crippen LogP contribution is 2.29. The first-order chi connectivity index (χ1) is 21.9. The van der Waals surface area contributed by atoms with Crippen LogP contribution < -0.4 is 27.2 Å². The van der Waals surface area contributed by atoms with Gasteiger partial charge >= 0.3 is 0 Å². The van der Waals surface area contributed by atoms with Gasteiger partial charge in [-0.2, -0.15) is 4.98 Å². The number of carbonyl (C=O) groups excluding carboxylic acids is 3. The zero-order chi connectivity index (χ0) is 33.8. The summed E-state index contributed by atoms with van der Waals surface area (Å²) in [5.41, 5.74) is 9.93. The maximum atomic E-state index is 13.5. The summed E-state index contributed by atoms with van der Waals surface area (Å²) in [6.07, 6.45) is 0.658. The van der Waals surface area contributed by atoms with E-state index in [-0.39, 0.29) is 30.5 Å². The van der Waals surface area contributed by atoms with Crippen molar-refractivity contribution in [1.29, 1.82) is 0 Å². The van der Waals surface area contributed by atoms with Crippen LogP contribution in [-0.4, -0.2) is 47.7 Å². The quantitative estimate of drug-likeness (QED) is 0.166. The molecule has 0 saturated heterocycles. The second-order valence-electron chi connectivity index (χ2n) is 9.02. The number of anilines is 2. The summed E-state index contributed by atoms with van der Waals surface area (Å²) in [5, 5.41) is 19.8. The summed E-state index contributed by atoms with van der Waals surface area (Å²) in [6, 6.07) is 24.3. The molecular formula is C34H42N6O5. The lowest BCUT2D eigenvalue weighted by Crippen LogP contribution is -2.34. The Labute approximate surface area is 263 Å². The van der Waals surface area contributed by atoms with E-state index in [2.05, 4.69) is 27.5 Å². The fraction of sp³-hybridized carbons (Fsp3) is 0.206. The van der Waals surface area contributed by atoms with E-state index < -0.39 is 11.5 Å². The lowest BCUT2D eigenvalue weighted by Gasteiger charge is -2.17. The first-order valence-corrected chi connectivity index (χ1v) is 14.1. The molecule has 11 heteroatoms. The number of amides is 1. The van der Waals surface area contributed by atoms with Crippen LogP contribution in [0.5, 0.6) is 5.88 Å². The van der Waals surface area contributed by atoms with Gasteiger partial charge in [-0.05, 0) is 35.2 Å². The Morgan fingerprint density at radius 1 is 0.933 bits per heavy atom. The number of aromatic hydroxyl groups is 1. The zero-order valence-corrected chi connectivity index (χ0v) is 26.0. The van der Waals surface area contributed by atoms with Crippen LogP contribution in [0, 0.1) is 0 Å². The third-order valence-corrected chi connectivity index (χ3v) is 6.24. The Balaban J connectivity index is 0.00000159. The number of rotatable bonds is 11. The molecule has 4 aromatic rings. The molecule has 0 atom stereocenters. The third-order valence-electron chi connectivity index (χ3n) is 6.24. The molecule has 1 aromatic heterocycles. The zero-order valence-electron chi connectivity index (χ0n) is 26.0. The predicted octanol–water partition coefficient (Wildman–Crippen LogP) is 4.21. The van der Waals surface area contributed by atoms with Crippen molar-refractivity contribution in [1.82, 2.24) is 14.9 Å². The Morgan fingerprint density at radius 2 is 1.58 bits per heavy atom. The summed E-state index contributed by atoms with van der Waals surface area (Å²) in [6.45, 7) is 12.1. The van der Waals surface area contributed by atoms with Crippen molar-refractivity contribution >= 4 is 36.7 Å². The van der Waals surface area contributed by atoms with Gasteiger partial charge in [0.25, 0.3) is 5.56 Å². The van der Waals surface area contributed by atoms with Crippen LogP contribution in [0.3, 0.4) is 0 Å². The van der Waals surface area contributed by atoms with Gasteiger partial charge in [0.05, 0.1) is 0 Å². The molecule has 3 aromatic carbocycles. The lowest BCUT2D eigenvalue weighted by atomic mass is 10.1. The van der Waals surface area contributed by atoms with Gasteiger partial charge < -0.3 is 36.4 Å². The normalized spacial score (nSPS) is 9.49. The fourth-order valence-corrected chi connectivity index (χ4v) is 4.14. The molecule has 1 amide bonds. The maximum Gasteiger partial charge on any atom is 0.294 e. The summed E-state index contributed by atoms with van der Waals surface area (Å²) in [5.74, 6) is -0.769. The number of carbonyl (C=O) groups is 3. The van der Waals surface area contributed by atoms with Crippen LogP contribution in [0.2, 0.25) is 0 Å². The molecule has 11 nitrogen and oxygen atoms in total. The molecule has 1 heterocycles. The van der Waals surface area contributed by atoms with Gasteiger partial charge in [-0.3, -0.25) is 14.2 Å². The lowest BCUT2D eigenvalue weighted by molar-refractivity contribution is -0.121. The van der Waals surface area contributed by atoms with Crippen molar-refractivity contribution in [2.45, 2.75) is 33.4 Å². The highest BCUT2D eigenvalue weighted by atomic mass is 16.3. The SMILES string of the molecule is C=C(N)c1ccc(CNC(=O)Cn2c(-c3cccc(NC)c3)c(O)nc(NCCc3ccccc3)c2=O)cc1.C=O.C=O.CC. The maximum absolute atomic E-state index is 13.5. The fourth-order valence-electron chi connectivity index (χ4n) is 4.14. The topological polar surface area (TPSA) is 168 Å². The standard InChI is InChI=1S/C30H32N6O3.C2H6.2CH2O/c1-20(31)23-13-11-22(12-14-23)18-34-26(37)19-36-27(24-9-6-10-25(17-24)32-2)29(38)35-28(30(36)39)33-16-15-21-7-4-3-5-8-21;3*1-2/h3-14,17,32,38H,1,15-16,18-19,31H2,2H3,(H,33,35)(H,34,37);1-2H3;2*1H2. The minimum Gasteiger partial charge on any atom is -0.492 e. The van der Waals surface area contributed by atoms with Crippen molar-refractivity contribution < 1.29 is 19.5 Å². The molecule has 0 aliphatic heterocycles. The van der Waals surface area contributed by atoms with E-state index in [1.165, 1.54) is 4.57 Å². The van der Waals surface area contributed by atoms with Gasteiger partial charge in [0.1, 0.15) is 25.8 Å². The number of hydrogen-bond acceptors (Lipinski definition) is 9. The monoisotopic (exact) mass is 614 g/mol. The molecule has 4 rings (SSSR count).